The van der Waals surface area contributed by atoms with Crippen LogP contribution in [0.5, 0.6) is 0 Å². The van der Waals surface area contributed by atoms with E-state index < -0.39 is 21.5 Å². The molecule has 0 aromatic heterocycles. The number of nitrogens with two attached hydrogens (primary N) is 1. The van der Waals surface area contributed by atoms with Crippen LogP contribution in [0.2, 0.25) is 0 Å². The summed E-state index contributed by atoms with van der Waals surface area (Å²) in [5.74, 6) is -0.0439. The Balaban J connectivity index is 1.63. The third-order valence-corrected chi connectivity index (χ3v) is 6.43. The molecule has 0 bridgehead atoms. The van der Waals surface area contributed by atoms with Crippen LogP contribution in [-0.2, 0) is 14.8 Å². The molecule has 1 aromatic rings. The molecular formula is C19H25N5O4S. The summed E-state index contributed by atoms with van der Waals surface area (Å²) < 4.78 is 27.5. The summed E-state index contributed by atoms with van der Waals surface area (Å²) in [5, 5.41) is 0. The number of anilines is 1. The summed E-state index contributed by atoms with van der Waals surface area (Å²) in [4.78, 5) is 30.0. The van der Waals surface area contributed by atoms with Crippen LogP contribution >= 0.6 is 0 Å². The number of hydrogen-bond acceptors (Lipinski definition) is 4. The number of amidine groups is 1. The lowest BCUT2D eigenvalue weighted by Crippen LogP contribution is -2.52. The Morgan fingerprint density at radius 1 is 1.10 bits per heavy atom. The second kappa shape index (κ2) is 7.01. The molecule has 1 aromatic carbocycles. The molecule has 156 valence electrons. The summed E-state index contributed by atoms with van der Waals surface area (Å²) in [5.41, 5.74) is 6.02. The van der Waals surface area contributed by atoms with Crippen molar-refractivity contribution < 1.29 is 18.0 Å². The Bertz CT molecular complexity index is 969. The smallest absolute Gasteiger partial charge is 0.325 e. The zero-order valence-corrected chi connectivity index (χ0v) is 17.2. The average Bonchev–Trinajstić information content (AvgIpc) is 3.37. The molecule has 10 heteroatoms. The SMILES string of the molecule is CS(=O)(=O)N=C(c1ccc(N2C[C@@]3(C(N)=O)CCCN3C2=O)cc1)N1CCCC1. The maximum atomic E-state index is 12.8. The van der Waals surface area contributed by atoms with Crippen LogP contribution < -0.4 is 10.6 Å². The highest BCUT2D eigenvalue weighted by Gasteiger charge is 2.56. The monoisotopic (exact) mass is 419 g/mol. The minimum Gasteiger partial charge on any atom is -0.368 e. The summed E-state index contributed by atoms with van der Waals surface area (Å²) in [6, 6.07) is 6.84. The number of primary amides is 1. The molecule has 2 N–H and O–H groups in total. The normalized spacial score (nSPS) is 25.1. The van der Waals surface area contributed by atoms with Gasteiger partial charge in [-0.05, 0) is 49.9 Å². The molecule has 3 amide bonds. The van der Waals surface area contributed by atoms with Crippen LogP contribution in [0.4, 0.5) is 10.5 Å². The first-order valence-electron chi connectivity index (χ1n) is 9.76. The Morgan fingerprint density at radius 3 is 2.31 bits per heavy atom. The highest BCUT2D eigenvalue weighted by molar-refractivity contribution is 7.89. The van der Waals surface area contributed by atoms with Crippen molar-refractivity contribution in [3.8, 4) is 0 Å². The van der Waals surface area contributed by atoms with Crippen molar-refractivity contribution in [1.29, 1.82) is 0 Å². The molecule has 0 saturated carbocycles. The molecule has 29 heavy (non-hydrogen) atoms. The van der Waals surface area contributed by atoms with Crippen molar-refractivity contribution in [2.45, 2.75) is 31.2 Å². The molecule has 9 nitrogen and oxygen atoms in total. The minimum absolute atomic E-state index is 0.224. The number of nitrogens with zero attached hydrogens (tertiary/aromatic N) is 4. The number of urea groups is 1. The van der Waals surface area contributed by atoms with Crippen LogP contribution in [-0.4, -0.2) is 74.0 Å². The van der Waals surface area contributed by atoms with Crippen LogP contribution in [0, 0.1) is 0 Å². The Hall–Kier alpha value is -2.62. The van der Waals surface area contributed by atoms with Crippen molar-refractivity contribution in [2.75, 3.05) is 37.3 Å². The van der Waals surface area contributed by atoms with E-state index in [1.54, 1.807) is 34.1 Å². The van der Waals surface area contributed by atoms with Crippen molar-refractivity contribution in [1.82, 2.24) is 9.80 Å². The molecule has 1 atom stereocenters. The van der Waals surface area contributed by atoms with Crippen LogP contribution in [0.1, 0.15) is 31.2 Å². The van der Waals surface area contributed by atoms with Crippen LogP contribution in [0.3, 0.4) is 0 Å². The van der Waals surface area contributed by atoms with Gasteiger partial charge in [0.15, 0.2) is 0 Å². The zero-order chi connectivity index (χ0) is 20.8. The summed E-state index contributed by atoms with van der Waals surface area (Å²) in [7, 11) is -3.55. The topological polar surface area (TPSA) is 116 Å². The van der Waals surface area contributed by atoms with E-state index in [0.29, 0.717) is 30.1 Å². The Morgan fingerprint density at radius 2 is 1.76 bits per heavy atom. The molecule has 0 unspecified atom stereocenters. The van der Waals surface area contributed by atoms with Gasteiger partial charge in [-0.15, -0.1) is 4.40 Å². The van der Waals surface area contributed by atoms with E-state index in [1.165, 1.54) is 0 Å². The van der Waals surface area contributed by atoms with Crippen molar-refractivity contribution in [3.05, 3.63) is 29.8 Å². The van der Waals surface area contributed by atoms with E-state index >= 15 is 0 Å². The largest absolute Gasteiger partial charge is 0.368 e. The number of sulfonamides is 1. The molecule has 0 radical (unpaired) electrons. The Labute approximate surface area is 170 Å². The highest BCUT2D eigenvalue weighted by Crippen LogP contribution is 2.38. The van der Waals surface area contributed by atoms with Gasteiger partial charge >= 0.3 is 6.03 Å². The quantitative estimate of drug-likeness (QED) is 0.571. The Kier molecular flexibility index (Phi) is 4.76. The van der Waals surface area contributed by atoms with Gasteiger partial charge in [-0.2, -0.15) is 0 Å². The summed E-state index contributed by atoms with van der Waals surface area (Å²) in [6.07, 6.45) is 4.41. The lowest BCUT2D eigenvalue weighted by atomic mass is 9.96. The van der Waals surface area contributed by atoms with Gasteiger partial charge in [0.05, 0.1) is 12.8 Å². The van der Waals surface area contributed by atoms with Gasteiger partial charge in [-0.1, -0.05) is 0 Å². The number of carbonyl (C=O) groups is 2. The first-order valence-corrected chi connectivity index (χ1v) is 11.6. The average molecular weight is 420 g/mol. The molecular weight excluding hydrogens is 394 g/mol. The molecule has 0 spiro atoms. The third kappa shape index (κ3) is 3.45. The molecule has 3 fully saturated rings. The first kappa shape index (κ1) is 19.7. The minimum atomic E-state index is -3.55. The maximum Gasteiger partial charge on any atom is 0.325 e. The molecule has 0 aliphatic carbocycles. The highest BCUT2D eigenvalue weighted by atomic mass is 32.2. The molecule has 4 rings (SSSR count). The molecule has 3 aliphatic rings. The van der Waals surface area contributed by atoms with E-state index in [-0.39, 0.29) is 12.6 Å². The number of carbonyl (C=O) groups excluding carboxylic acids is 2. The van der Waals surface area contributed by atoms with Crippen LogP contribution in [0.25, 0.3) is 0 Å². The van der Waals surface area contributed by atoms with Gasteiger partial charge in [0.2, 0.25) is 5.91 Å². The second-order valence-electron chi connectivity index (χ2n) is 7.91. The fraction of sp³-hybridized carbons (Fsp3) is 0.526. The van der Waals surface area contributed by atoms with Gasteiger partial charge in [0.25, 0.3) is 10.0 Å². The molecule has 3 saturated heterocycles. The summed E-state index contributed by atoms with van der Waals surface area (Å²) >= 11 is 0. The second-order valence-corrected chi connectivity index (χ2v) is 9.56. The first-order chi connectivity index (χ1) is 13.7. The van der Waals surface area contributed by atoms with E-state index in [4.69, 9.17) is 5.73 Å². The number of likely N-dealkylation sites (tertiary alicyclic amines) is 1. The fourth-order valence-electron chi connectivity index (χ4n) is 4.50. The standard InChI is InChI=1S/C19H25N5O4S/c1-29(27,28)21-16(22-10-2-3-11-22)14-5-7-15(8-6-14)23-13-19(17(20)25)9-4-12-24(19)18(23)26/h5-8H,2-4,9-13H2,1H3,(H2,20,25)/t19-/m1/s1. The van der Waals surface area contributed by atoms with E-state index in [1.807, 2.05) is 4.90 Å². The van der Waals surface area contributed by atoms with E-state index in [0.717, 1.165) is 38.6 Å². The fourth-order valence-corrected chi connectivity index (χ4v) is 5.04. The molecule has 3 heterocycles. The van der Waals surface area contributed by atoms with Gasteiger partial charge in [-0.3, -0.25) is 9.69 Å². The predicted molar refractivity (Wildman–Crippen MR) is 109 cm³/mol. The van der Waals surface area contributed by atoms with Crippen molar-refractivity contribution in [2.24, 2.45) is 10.1 Å². The maximum absolute atomic E-state index is 12.8. The lowest BCUT2D eigenvalue weighted by Gasteiger charge is -2.25. The van der Waals surface area contributed by atoms with Crippen molar-refractivity contribution >= 4 is 33.5 Å². The molecule has 3 aliphatic heterocycles. The number of amides is 3. The van der Waals surface area contributed by atoms with E-state index in [2.05, 4.69) is 4.40 Å². The predicted octanol–water partition coefficient (Wildman–Crippen LogP) is 0.749. The van der Waals surface area contributed by atoms with E-state index in [9.17, 15) is 18.0 Å². The van der Waals surface area contributed by atoms with Gasteiger partial charge in [0, 0.05) is 30.9 Å². The number of rotatable bonds is 4. The van der Waals surface area contributed by atoms with Gasteiger partial charge in [0.1, 0.15) is 11.4 Å². The summed E-state index contributed by atoms with van der Waals surface area (Å²) in [6.45, 7) is 2.28. The zero-order valence-electron chi connectivity index (χ0n) is 16.4. The van der Waals surface area contributed by atoms with Crippen LogP contribution in [0.15, 0.2) is 28.7 Å². The van der Waals surface area contributed by atoms with Gasteiger partial charge < -0.3 is 15.5 Å². The third-order valence-electron chi connectivity index (χ3n) is 5.92. The number of fused-ring (bicyclic) bond motifs is 1. The van der Waals surface area contributed by atoms with Crippen molar-refractivity contribution in [3.63, 3.8) is 0 Å². The van der Waals surface area contributed by atoms with Gasteiger partial charge in [-0.25, -0.2) is 13.2 Å². The number of benzene rings is 1. The number of hydrogen-bond donors (Lipinski definition) is 1. The lowest BCUT2D eigenvalue weighted by molar-refractivity contribution is -0.125.